The Labute approximate surface area is 65.7 Å². The first-order valence-corrected chi connectivity index (χ1v) is 3.28. The fourth-order valence-electron chi connectivity index (χ4n) is 0.570. The zero-order chi connectivity index (χ0) is 9.07. The molecule has 0 saturated carbocycles. The van der Waals surface area contributed by atoms with Gasteiger partial charge in [-0.15, -0.1) is 4.91 Å². The molecule has 0 aliphatic rings. The van der Waals surface area contributed by atoms with Crippen molar-refractivity contribution in [1.82, 2.24) is 10.3 Å². The van der Waals surface area contributed by atoms with Crippen LogP contribution in [-0.2, 0) is 0 Å². The Balaban J connectivity index is 4.41. The Kier molecular flexibility index (Phi) is 2.98. The molecule has 0 atom stereocenters. The number of nitrogens with zero attached hydrogens (tertiary/aromatic N) is 2. The average Bonchev–Trinajstić information content (AvgIpc) is 1.86. The summed E-state index contributed by atoms with van der Waals surface area (Å²) in [5, 5.41) is 5.77. The summed E-state index contributed by atoms with van der Waals surface area (Å²) in [5.41, 5.74) is -0.568. The highest BCUT2D eigenvalue weighted by atomic mass is 16.3. The summed E-state index contributed by atoms with van der Waals surface area (Å²) in [4.78, 5) is 21.1. The molecule has 0 rings (SSSR count). The molecule has 2 amide bonds. The molecule has 0 saturated heterocycles. The molecule has 5 heteroatoms. The molecular formula is C6H13N3O2. The first-order chi connectivity index (χ1) is 4.93. The van der Waals surface area contributed by atoms with E-state index in [-0.39, 0.29) is 0 Å². The first-order valence-electron chi connectivity index (χ1n) is 3.28. The predicted molar refractivity (Wildman–Crippen MR) is 41.8 cm³/mol. The minimum atomic E-state index is -0.568. The van der Waals surface area contributed by atoms with Gasteiger partial charge in [0.05, 0.1) is 10.8 Å². The molecule has 0 heterocycles. The number of amides is 2. The maximum Gasteiger partial charge on any atom is 0.340 e. The predicted octanol–water partition coefficient (Wildman–Crippen LogP) is 1.11. The Morgan fingerprint density at radius 2 is 1.91 bits per heavy atom. The molecule has 0 fully saturated rings. The van der Waals surface area contributed by atoms with Crippen molar-refractivity contribution in [3.8, 4) is 0 Å². The Morgan fingerprint density at radius 1 is 1.45 bits per heavy atom. The fraction of sp³-hybridized carbons (Fsp3) is 0.833. The van der Waals surface area contributed by atoms with Gasteiger partial charge in [-0.25, -0.2) is 4.79 Å². The van der Waals surface area contributed by atoms with Crippen molar-refractivity contribution in [2.45, 2.75) is 26.3 Å². The zero-order valence-electron chi connectivity index (χ0n) is 7.21. The van der Waals surface area contributed by atoms with Gasteiger partial charge in [0.2, 0.25) is 0 Å². The van der Waals surface area contributed by atoms with E-state index in [9.17, 15) is 9.70 Å². The lowest BCUT2D eigenvalue weighted by molar-refractivity contribution is 0.149. The van der Waals surface area contributed by atoms with Crippen molar-refractivity contribution < 1.29 is 4.79 Å². The minimum absolute atomic E-state index is 0.493. The SMILES string of the molecule is CNC(=O)N(N=O)C(C)(C)C. The molecular weight excluding hydrogens is 146 g/mol. The van der Waals surface area contributed by atoms with Gasteiger partial charge in [0.15, 0.2) is 0 Å². The number of urea groups is 1. The summed E-state index contributed by atoms with van der Waals surface area (Å²) in [6.07, 6.45) is 0. The molecule has 0 aromatic heterocycles. The molecule has 0 aromatic carbocycles. The second kappa shape index (κ2) is 3.32. The van der Waals surface area contributed by atoms with Crippen molar-refractivity contribution >= 4 is 6.03 Å². The lowest BCUT2D eigenvalue weighted by Crippen LogP contribution is -2.45. The van der Waals surface area contributed by atoms with Gasteiger partial charge in [-0.05, 0) is 20.8 Å². The van der Waals surface area contributed by atoms with Crippen LogP contribution in [0, 0.1) is 4.91 Å². The van der Waals surface area contributed by atoms with Crippen LogP contribution in [-0.4, -0.2) is 23.6 Å². The topological polar surface area (TPSA) is 61.8 Å². The van der Waals surface area contributed by atoms with E-state index >= 15 is 0 Å². The summed E-state index contributed by atoms with van der Waals surface area (Å²) in [6.45, 7) is 5.18. The van der Waals surface area contributed by atoms with Gasteiger partial charge < -0.3 is 5.32 Å². The smallest absolute Gasteiger partial charge is 0.339 e. The van der Waals surface area contributed by atoms with E-state index in [4.69, 9.17) is 0 Å². The average molecular weight is 159 g/mol. The lowest BCUT2D eigenvalue weighted by atomic mass is 10.1. The van der Waals surface area contributed by atoms with Crippen LogP contribution in [0.1, 0.15) is 20.8 Å². The quantitative estimate of drug-likeness (QED) is 0.460. The molecule has 0 bridgehead atoms. The Bertz CT molecular complexity index is 162. The van der Waals surface area contributed by atoms with E-state index in [1.807, 2.05) is 0 Å². The first kappa shape index (κ1) is 9.87. The number of rotatable bonds is 1. The van der Waals surface area contributed by atoms with Crippen molar-refractivity contribution in [2.24, 2.45) is 5.29 Å². The van der Waals surface area contributed by atoms with E-state index in [0.29, 0.717) is 0 Å². The molecule has 0 spiro atoms. The molecule has 0 radical (unpaired) electrons. The monoisotopic (exact) mass is 159 g/mol. The summed E-state index contributed by atoms with van der Waals surface area (Å²) in [6, 6.07) is -0.493. The largest absolute Gasteiger partial charge is 0.340 e. The lowest BCUT2D eigenvalue weighted by Gasteiger charge is -2.26. The normalized spacial score (nSPS) is 10.5. The molecule has 5 nitrogen and oxygen atoms in total. The van der Waals surface area contributed by atoms with Crippen LogP contribution in [0.25, 0.3) is 0 Å². The van der Waals surface area contributed by atoms with Gasteiger partial charge in [0.25, 0.3) is 0 Å². The summed E-state index contributed by atoms with van der Waals surface area (Å²) >= 11 is 0. The van der Waals surface area contributed by atoms with Crippen LogP contribution in [0.5, 0.6) is 0 Å². The van der Waals surface area contributed by atoms with Crippen molar-refractivity contribution in [3.05, 3.63) is 4.91 Å². The number of carbonyl (C=O) groups excluding carboxylic acids is 1. The van der Waals surface area contributed by atoms with Gasteiger partial charge >= 0.3 is 6.03 Å². The Hall–Kier alpha value is -1.13. The van der Waals surface area contributed by atoms with Crippen molar-refractivity contribution in [3.63, 3.8) is 0 Å². The van der Waals surface area contributed by atoms with Gasteiger partial charge in [0.1, 0.15) is 0 Å². The molecule has 64 valence electrons. The van der Waals surface area contributed by atoms with Crippen LogP contribution < -0.4 is 5.32 Å². The molecule has 0 aliphatic carbocycles. The highest BCUT2D eigenvalue weighted by Gasteiger charge is 2.26. The second-order valence-electron chi connectivity index (χ2n) is 3.12. The van der Waals surface area contributed by atoms with E-state index in [0.717, 1.165) is 5.01 Å². The van der Waals surface area contributed by atoms with Crippen LogP contribution in [0.4, 0.5) is 4.79 Å². The van der Waals surface area contributed by atoms with Crippen molar-refractivity contribution in [2.75, 3.05) is 7.05 Å². The highest BCUT2D eigenvalue weighted by Crippen LogP contribution is 2.12. The number of carbonyl (C=O) groups is 1. The minimum Gasteiger partial charge on any atom is -0.339 e. The number of nitroso groups, excluding NO2 is 1. The molecule has 0 unspecified atom stereocenters. The van der Waals surface area contributed by atoms with Gasteiger partial charge in [-0.1, -0.05) is 0 Å². The van der Waals surface area contributed by atoms with E-state index in [1.165, 1.54) is 7.05 Å². The fourth-order valence-corrected chi connectivity index (χ4v) is 0.570. The van der Waals surface area contributed by atoms with E-state index in [2.05, 4.69) is 10.6 Å². The van der Waals surface area contributed by atoms with Crippen LogP contribution in [0.2, 0.25) is 0 Å². The van der Waals surface area contributed by atoms with Crippen molar-refractivity contribution in [1.29, 1.82) is 0 Å². The van der Waals surface area contributed by atoms with E-state index in [1.54, 1.807) is 20.8 Å². The third-order valence-electron chi connectivity index (χ3n) is 1.12. The standard InChI is InChI=1S/C6H13N3O2/c1-6(2,3)9(8-11)5(10)7-4/h1-4H3,(H,7,10). The van der Waals surface area contributed by atoms with Crippen LogP contribution >= 0.6 is 0 Å². The zero-order valence-corrected chi connectivity index (χ0v) is 7.21. The summed E-state index contributed by atoms with van der Waals surface area (Å²) in [7, 11) is 1.45. The van der Waals surface area contributed by atoms with Gasteiger partial charge in [0, 0.05) is 7.05 Å². The van der Waals surface area contributed by atoms with E-state index < -0.39 is 11.6 Å². The van der Waals surface area contributed by atoms with Gasteiger partial charge in [-0.2, -0.15) is 5.01 Å². The summed E-state index contributed by atoms with van der Waals surface area (Å²) < 4.78 is 0. The molecule has 11 heavy (non-hydrogen) atoms. The molecule has 0 aromatic rings. The highest BCUT2D eigenvalue weighted by molar-refractivity contribution is 5.74. The third-order valence-corrected chi connectivity index (χ3v) is 1.12. The summed E-state index contributed by atoms with van der Waals surface area (Å²) in [5.74, 6) is 0. The number of nitrogens with one attached hydrogen (secondary N) is 1. The third kappa shape index (κ3) is 2.53. The maximum atomic E-state index is 10.9. The number of hydrogen-bond donors (Lipinski definition) is 1. The number of hydrogen-bond acceptors (Lipinski definition) is 3. The Morgan fingerprint density at radius 3 is 2.00 bits per heavy atom. The molecule has 1 N–H and O–H groups in total. The van der Waals surface area contributed by atoms with Gasteiger partial charge in [-0.3, -0.25) is 0 Å². The molecule has 0 aliphatic heterocycles. The van der Waals surface area contributed by atoms with Crippen LogP contribution in [0.15, 0.2) is 5.29 Å². The second-order valence-corrected chi connectivity index (χ2v) is 3.12. The van der Waals surface area contributed by atoms with Crippen LogP contribution in [0.3, 0.4) is 0 Å². The maximum absolute atomic E-state index is 10.9.